The first-order valence-corrected chi connectivity index (χ1v) is 6.16. The van der Waals surface area contributed by atoms with Gasteiger partial charge in [0.05, 0.1) is 24.4 Å². The number of nitrogens with zero attached hydrogens (tertiary/aromatic N) is 1. The average Bonchev–Trinajstić information content (AvgIpc) is 3.06. The van der Waals surface area contributed by atoms with Gasteiger partial charge in [-0.25, -0.2) is 0 Å². The topological polar surface area (TPSA) is 45.0 Å². The first-order chi connectivity index (χ1) is 8.31. The molecule has 0 aliphatic heterocycles. The van der Waals surface area contributed by atoms with Crippen LogP contribution in [0.5, 0.6) is 5.75 Å². The summed E-state index contributed by atoms with van der Waals surface area (Å²) in [5, 5.41) is 12.4. The van der Waals surface area contributed by atoms with E-state index in [9.17, 15) is 0 Å². The molecule has 1 aromatic carbocycles. The average molecular weight is 228 g/mol. The number of rotatable bonds is 3. The van der Waals surface area contributed by atoms with Gasteiger partial charge in [-0.2, -0.15) is 5.26 Å². The third-order valence-electron chi connectivity index (χ3n) is 4.01. The van der Waals surface area contributed by atoms with E-state index in [1.807, 2.05) is 12.1 Å². The lowest BCUT2D eigenvalue weighted by Crippen LogP contribution is -2.19. The number of fused-ring (bicyclic) bond motifs is 1. The Morgan fingerprint density at radius 3 is 2.88 bits per heavy atom. The van der Waals surface area contributed by atoms with Gasteiger partial charge in [-0.1, -0.05) is 0 Å². The van der Waals surface area contributed by atoms with Gasteiger partial charge in [0, 0.05) is 12.1 Å². The molecule has 3 atom stereocenters. The molecule has 1 aromatic rings. The van der Waals surface area contributed by atoms with Crippen LogP contribution in [0.4, 0.5) is 5.69 Å². The van der Waals surface area contributed by atoms with E-state index in [0.717, 1.165) is 23.3 Å². The molecule has 3 rings (SSSR count). The van der Waals surface area contributed by atoms with Crippen molar-refractivity contribution in [3.8, 4) is 11.8 Å². The molecule has 88 valence electrons. The van der Waals surface area contributed by atoms with Crippen LogP contribution in [0.15, 0.2) is 18.2 Å². The zero-order valence-electron chi connectivity index (χ0n) is 9.94. The first-order valence-electron chi connectivity index (χ1n) is 6.16. The van der Waals surface area contributed by atoms with Crippen molar-refractivity contribution in [1.29, 1.82) is 5.26 Å². The Balaban J connectivity index is 1.80. The van der Waals surface area contributed by atoms with Crippen molar-refractivity contribution in [1.82, 2.24) is 0 Å². The van der Waals surface area contributed by atoms with Crippen LogP contribution in [0.25, 0.3) is 0 Å². The Morgan fingerprint density at radius 1 is 1.41 bits per heavy atom. The second-order valence-corrected chi connectivity index (χ2v) is 5.01. The van der Waals surface area contributed by atoms with Crippen molar-refractivity contribution in [3.05, 3.63) is 23.8 Å². The number of nitriles is 1. The van der Waals surface area contributed by atoms with Crippen molar-refractivity contribution in [2.24, 2.45) is 11.8 Å². The summed E-state index contributed by atoms with van der Waals surface area (Å²) in [6.45, 7) is 0. The zero-order chi connectivity index (χ0) is 11.8. The summed E-state index contributed by atoms with van der Waals surface area (Å²) in [6.07, 6.45) is 4.01. The van der Waals surface area contributed by atoms with Crippen molar-refractivity contribution in [2.75, 3.05) is 12.4 Å². The fourth-order valence-electron chi connectivity index (χ4n) is 2.96. The summed E-state index contributed by atoms with van der Waals surface area (Å²) in [6, 6.07) is 8.31. The maximum absolute atomic E-state index is 8.86. The molecule has 2 aliphatic rings. The highest BCUT2D eigenvalue weighted by Gasteiger charge is 2.48. The molecule has 17 heavy (non-hydrogen) atoms. The lowest BCUT2D eigenvalue weighted by Gasteiger charge is -2.18. The molecule has 0 bridgehead atoms. The number of benzene rings is 1. The zero-order valence-corrected chi connectivity index (χ0v) is 9.94. The Morgan fingerprint density at radius 2 is 2.29 bits per heavy atom. The molecule has 0 heterocycles. The predicted molar refractivity (Wildman–Crippen MR) is 66.0 cm³/mol. The highest BCUT2D eigenvalue weighted by Crippen LogP contribution is 2.52. The largest absolute Gasteiger partial charge is 0.495 e. The van der Waals surface area contributed by atoms with Gasteiger partial charge < -0.3 is 10.1 Å². The molecule has 0 aromatic heterocycles. The maximum Gasteiger partial charge on any atom is 0.143 e. The van der Waals surface area contributed by atoms with Gasteiger partial charge in [-0.3, -0.25) is 0 Å². The summed E-state index contributed by atoms with van der Waals surface area (Å²) in [7, 11) is 1.65. The van der Waals surface area contributed by atoms with Crippen LogP contribution >= 0.6 is 0 Å². The molecule has 1 N–H and O–H groups in total. The Bertz CT molecular complexity index is 478. The van der Waals surface area contributed by atoms with Crippen LogP contribution in [-0.4, -0.2) is 13.2 Å². The van der Waals surface area contributed by atoms with E-state index < -0.39 is 0 Å². The van der Waals surface area contributed by atoms with Crippen molar-refractivity contribution < 1.29 is 4.74 Å². The summed E-state index contributed by atoms with van der Waals surface area (Å²) in [5.74, 6) is 2.61. The van der Waals surface area contributed by atoms with E-state index in [0.29, 0.717) is 11.6 Å². The molecule has 0 radical (unpaired) electrons. The summed E-state index contributed by atoms with van der Waals surface area (Å²) >= 11 is 0. The molecule has 2 saturated carbocycles. The molecule has 2 aliphatic carbocycles. The van der Waals surface area contributed by atoms with E-state index in [-0.39, 0.29) is 0 Å². The quantitative estimate of drug-likeness (QED) is 0.865. The highest BCUT2D eigenvalue weighted by atomic mass is 16.5. The predicted octanol–water partition coefficient (Wildman–Crippen LogP) is 2.78. The number of hydrogen-bond acceptors (Lipinski definition) is 3. The smallest absolute Gasteiger partial charge is 0.143 e. The number of anilines is 1. The summed E-state index contributed by atoms with van der Waals surface area (Å²) < 4.78 is 5.33. The number of methoxy groups -OCH3 is 1. The molecule has 0 amide bonds. The minimum absolute atomic E-state index is 0.599. The molecule has 1 unspecified atom stereocenters. The summed E-state index contributed by atoms with van der Waals surface area (Å²) in [4.78, 5) is 0. The third-order valence-corrected chi connectivity index (χ3v) is 4.01. The lowest BCUT2D eigenvalue weighted by molar-refractivity contribution is 0.415. The Hall–Kier alpha value is -1.69. The molecule has 3 nitrogen and oxygen atoms in total. The van der Waals surface area contributed by atoms with E-state index in [1.54, 1.807) is 13.2 Å². The van der Waals surface area contributed by atoms with E-state index in [2.05, 4.69) is 11.4 Å². The van der Waals surface area contributed by atoms with Gasteiger partial charge >= 0.3 is 0 Å². The second kappa shape index (κ2) is 3.96. The van der Waals surface area contributed by atoms with Gasteiger partial charge in [0.1, 0.15) is 5.75 Å². The van der Waals surface area contributed by atoms with E-state index in [1.165, 1.54) is 19.3 Å². The van der Waals surface area contributed by atoms with E-state index in [4.69, 9.17) is 10.00 Å². The molecule has 0 spiro atoms. The summed E-state index contributed by atoms with van der Waals surface area (Å²) in [5.41, 5.74) is 1.66. The minimum Gasteiger partial charge on any atom is -0.495 e. The Labute approximate surface area is 101 Å². The standard InChI is InChI=1S/C14H16N2O/c1-17-14-6-9(8-15)2-4-13(14)16-12-5-3-10-7-11(10)12/h2,4,6,10-12,16H,3,5,7H2,1H3/t10-,11+,12?/m0/s1. The van der Waals surface area contributed by atoms with Gasteiger partial charge in [0.2, 0.25) is 0 Å². The normalized spacial score (nSPS) is 29.3. The lowest BCUT2D eigenvalue weighted by atomic mass is 10.1. The monoisotopic (exact) mass is 228 g/mol. The molecule has 2 fully saturated rings. The van der Waals surface area contributed by atoms with Gasteiger partial charge in [0.25, 0.3) is 0 Å². The van der Waals surface area contributed by atoms with E-state index >= 15 is 0 Å². The second-order valence-electron chi connectivity index (χ2n) is 5.01. The fourth-order valence-corrected chi connectivity index (χ4v) is 2.96. The van der Waals surface area contributed by atoms with Crippen molar-refractivity contribution >= 4 is 5.69 Å². The minimum atomic E-state index is 0.599. The maximum atomic E-state index is 8.86. The Kier molecular flexibility index (Phi) is 2.44. The van der Waals surface area contributed by atoms with Crippen LogP contribution in [0, 0.1) is 23.2 Å². The van der Waals surface area contributed by atoms with Gasteiger partial charge in [-0.15, -0.1) is 0 Å². The van der Waals surface area contributed by atoms with Gasteiger partial charge in [-0.05, 0) is 43.2 Å². The number of nitrogens with one attached hydrogen (secondary N) is 1. The van der Waals surface area contributed by atoms with Crippen LogP contribution in [0.1, 0.15) is 24.8 Å². The van der Waals surface area contributed by atoms with Crippen molar-refractivity contribution in [2.45, 2.75) is 25.3 Å². The third kappa shape index (κ3) is 1.84. The molecule has 3 heteroatoms. The van der Waals surface area contributed by atoms with Crippen LogP contribution < -0.4 is 10.1 Å². The first kappa shape index (κ1) is 10.5. The SMILES string of the molecule is COc1cc(C#N)ccc1NC1CC[C@H]2C[C@@H]12. The molecular weight excluding hydrogens is 212 g/mol. The van der Waals surface area contributed by atoms with Crippen LogP contribution in [0.3, 0.4) is 0 Å². The van der Waals surface area contributed by atoms with Crippen LogP contribution in [0.2, 0.25) is 0 Å². The number of ether oxygens (including phenoxy) is 1. The van der Waals surface area contributed by atoms with Crippen molar-refractivity contribution in [3.63, 3.8) is 0 Å². The highest BCUT2D eigenvalue weighted by molar-refractivity contribution is 5.60. The fraction of sp³-hybridized carbons (Fsp3) is 0.500. The number of hydrogen-bond donors (Lipinski definition) is 1. The molecule has 0 saturated heterocycles. The molecular formula is C14H16N2O. The van der Waals surface area contributed by atoms with Crippen LogP contribution in [-0.2, 0) is 0 Å². The van der Waals surface area contributed by atoms with Gasteiger partial charge in [0.15, 0.2) is 0 Å².